The van der Waals surface area contributed by atoms with Crippen LogP contribution in [-0.2, 0) is 14.6 Å². The number of sulfone groups is 1. The number of aliphatic carboxylic acids is 1. The number of rotatable bonds is 7. The Morgan fingerprint density at radius 2 is 2.11 bits per heavy atom. The average Bonchev–Trinajstić information content (AvgIpc) is 2.61. The monoisotopic (exact) mass is 277 g/mol. The number of carbonyl (C=O) groups is 1. The van der Waals surface area contributed by atoms with E-state index >= 15 is 0 Å². The first kappa shape index (κ1) is 15.4. The van der Waals surface area contributed by atoms with Gasteiger partial charge in [0.1, 0.15) is 15.4 Å². The summed E-state index contributed by atoms with van der Waals surface area (Å²) in [6, 6.07) is 0. The van der Waals surface area contributed by atoms with Crippen molar-refractivity contribution in [1.29, 1.82) is 0 Å². The van der Waals surface area contributed by atoms with Gasteiger partial charge in [0.25, 0.3) is 0 Å². The van der Waals surface area contributed by atoms with E-state index in [1.807, 2.05) is 11.8 Å². The molecule has 1 fully saturated rings. The van der Waals surface area contributed by atoms with E-state index in [0.29, 0.717) is 25.8 Å². The summed E-state index contributed by atoms with van der Waals surface area (Å²) in [7, 11) is -2.96. The molecule has 0 saturated carbocycles. The van der Waals surface area contributed by atoms with Crippen molar-refractivity contribution >= 4 is 15.8 Å². The predicted molar refractivity (Wildman–Crippen MR) is 70.4 cm³/mol. The molecule has 18 heavy (non-hydrogen) atoms. The molecule has 5 nitrogen and oxygen atoms in total. The summed E-state index contributed by atoms with van der Waals surface area (Å²) in [4.78, 5) is 13.5. The third-order valence-corrected chi connectivity index (χ3v) is 4.66. The molecule has 0 bridgehead atoms. The Morgan fingerprint density at radius 3 is 2.61 bits per heavy atom. The first-order valence-corrected chi connectivity index (χ1v) is 8.54. The van der Waals surface area contributed by atoms with Crippen molar-refractivity contribution in [2.24, 2.45) is 0 Å². The van der Waals surface area contributed by atoms with Crippen molar-refractivity contribution in [2.45, 2.75) is 44.6 Å². The van der Waals surface area contributed by atoms with Crippen molar-refractivity contribution in [1.82, 2.24) is 4.90 Å². The summed E-state index contributed by atoms with van der Waals surface area (Å²) in [5.41, 5.74) is -0.758. The van der Waals surface area contributed by atoms with Gasteiger partial charge in [0.05, 0.1) is 5.75 Å². The summed E-state index contributed by atoms with van der Waals surface area (Å²) in [6.45, 7) is 3.30. The van der Waals surface area contributed by atoms with Gasteiger partial charge in [0.2, 0.25) is 0 Å². The number of hydrogen-bond donors (Lipinski definition) is 1. The van der Waals surface area contributed by atoms with Crippen LogP contribution < -0.4 is 0 Å². The summed E-state index contributed by atoms with van der Waals surface area (Å²) < 4.78 is 22.2. The van der Waals surface area contributed by atoms with E-state index in [9.17, 15) is 18.3 Å². The Kier molecular flexibility index (Phi) is 5.16. The summed E-state index contributed by atoms with van der Waals surface area (Å²) >= 11 is 0. The van der Waals surface area contributed by atoms with E-state index in [-0.39, 0.29) is 5.75 Å². The number of hydrogen-bond acceptors (Lipinski definition) is 4. The van der Waals surface area contributed by atoms with Crippen molar-refractivity contribution in [2.75, 3.05) is 25.1 Å². The lowest BCUT2D eigenvalue weighted by molar-refractivity contribution is -0.150. The highest BCUT2D eigenvalue weighted by atomic mass is 32.2. The second-order valence-corrected chi connectivity index (χ2v) is 7.42. The molecule has 1 heterocycles. The minimum Gasteiger partial charge on any atom is -0.480 e. The van der Waals surface area contributed by atoms with Crippen LogP contribution in [0.2, 0.25) is 0 Å². The molecule has 1 atom stereocenters. The smallest absolute Gasteiger partial charge is 0.324 e. The van der Waals surface area contributed by atoms with Gasteiger partial charge in [-0.1, -0.05) is 13.3 Å². The van der Waals surface area contributed by atoms with Crippen LogP contribution in [0.4, 0.5) is 0 Å². The highest BCUT2D eigenvalue weighted by Crippen LogP contribution is 2.34. The second-order valence-electron chi connectivity index (χ2n) is 5.16. The first-order chi connectivity index (χ1) is 8.32. The average molecular weight is 277 g/mol. The van der Waals surface area contributed by atoms with Gasteiger partial charge in [0.15, 0.2) is 0 Å². The molecule has 0 radical (unpaired) electrons. The fraction of sp³-hybridized carbons (Fsp3) is 0.917. The third-order valence-electron chi connectivity index (χ3n) is 3.63. The maximum atomic E-state index is 11.5. The lowest BCUT2D eigenvalue weighted by Gasteiger charge is -2.34. The SMILES string of the molecule is CCCC1(C(=O)O)CCCN1CCCS(C)(=O)=O. The van der Waals surface area contributed by atoms with Crippen LogP contribution in [0.3, 0.4) is 0 Å². The highest BCUT2D eigenvalue weighted by molar-refractivity contribution is 7.90. The largest absolute Gasteiger partial charge is 0.480 e. The number of carboxylic acids is 1. The Bertz CT molecular complexity index is 393. The molecule has 1 aliphatic heterocycles. The maximum Gasteiger partial charge on any atom is 0.324 e. The van der Waals surface area contributed by atoms with E-state index < -0.39 is 21.3 Å². The predicted octanol–water partition coefficient (Wildman–Crippen LogP) is 1.14. The van der Waals surface area contributed by atoms with Crippen LogP contribution >= 0.6 is 0 Å². The first-order valence-electron chi connectivity index (χ1n) is 6.48. The lowest BCUT2D eigenvalue weighted by atomic mass is 9.90. The molecule has 1 N–H and O–H groups in total. The topological polar surface area (TPSA) is 74.7 Å². The lowest BCUT2D eigenvalue weighted by Crippen LogP contribution is -2.50. The fourth-order valence-corrected chi connectivity index (χ4v) is 3.48. The van der Waals surface area contributed by atoms with Crippen LogP contribution in [0.15, 0.2) is 0 Å². The molecule has 1 aliphatic rings. The zero-order chi connectivity index (χ0) is 13.8. The molecule has 106 valence electrons. The van der Waals surface area contributed by atoms with Crippen LogP contribution in [0.5, 0.6) is 0 Å². The van der Waals surface area contributed by atoms with Gasteiger partial charge in [-0.15, -0.1) is 0 Å². The summed E-state index contributed by atoms with van der Waals surface area (Å²) in [5.74, 6) is -0.632. The molecular formula is C12H23NO4S. The molecule has 1 saturated heterocycles. The van der Waals surface area contributed by atoms with Crippen molar-refractivity contribution in [3.05, 3.63) is 0 Å². The maximum absolute atomic E-state index is 11.5. The molecule has 1 unspecified atom stereocenters. The standard InChI is InChI=1S/C12H23NO4S/c1-3-6-12(11(14)15)7-4-8-13(12)9-5-10-18(2,16)17/h3-10H2,1-2H3,(H,14,15). The molecule has 0 spiro atoms. The number of nitrogens with zero attached hydrogens (tertiary/aromatic N) is 1. The van der Waals surface area contributed by atoms with Gasteiger partial charge >= 0.3 is 5.97 Å². The number of carboxylic acid groups (broad SMARTS) is 1. The van der Waals surface area contributed by atoms with Gasteiger partial charge in [-0.25, -0.2) is 8.42 Å². The van der Waals surface area contributed by atoms with Gasteiger partial charge < -0.3 is 5.11 Å². The van der Waals surface area contributed by atoms with E-state index in [1.165, 1.54) is 6.26 Å². The van der Waals surface area contributed by atoms with Crippen molar-refractivity contribution < 1.29 is 18.3 Å². The van der Waals surface area contributed by atoms with Gasteiger partial charge in [-0.2, -0.15) is 0 Å². The van der Waals surface area contributed by atoms with Crippen molar-refractivity contribution in [3.63, 3.8) is 0 Å². The molecule has 6 heteroatoms. The quantitative estimate of drug-likeness (QED) is 0.755. The van der Waals surface area contributed by atoms with Crippen LogP contribution in [-0.4, -0.2) is 55.0 Å². The fourth-order valence-electron chi connectivity index (χ4n) is 2.82. The van der Waals surface area contributed by atoms with E-state index in [4.69, 9.17) is 0 Å². The van der Waals surface area contributed by atoms with Gasteiger partial charge in [-0.05, 0) is 32.2 Å². The Morgan fingerprint density at radius 1 is 1.44 bits per heavy atom. The molecule has 0 aliphatic carbocycles. The van der Waals surface area contributed by atoms with Crippen LogP contribution in [0.1, 0.15) is 39.0 Å². The molecule has 0 aromatic carbocycles. The molecule has 0 aromatic heterocycles. The van der Waals surface area contributed by atoms with Crippen LogP contribution in [0.25, 0.3) is 0 Å². The van der Waals surface area contributed by atoms with Crippen LogP contribution in [0, 0.1) is 0 Å². The molecule has 0 aromatic rings. The van der Waals surface area contributed by atoms with E-state index in [1.54, 1.807) is 0 Å². The normalized spacial score (nSPS) is 25.4. The van der Waals surface area contributed by atoms with Gasteiger partial charge in [-0.3, -0.25) is 9.69 Å². The zero-order valence-corrected chi connectivity index (χ0v) is 12.0. The van der Waals surface area contributed by atoms with Gasteiger partial charge in [0, 0.05) is 12.8 Å². The van der Waals surface area contributed by atoms with Crippen molar-refractivity contribution in [3.8, 4) is 0 Å². The summed E-state index contributed by atoms with van der Waals surface area (Å²) in [6.07, 6.45) is 4.75. The number of likely N-dealkylation sites (tertiary alicyclic amines) is 1. The minimum atomic E-state index is -2.96. The second kappa shape index (κ2) is 6.02. The molecular weight excluding hydrogens is 254 g/mol. The Labute approximate surface area is 109 Å². The highest BCUT2D eigenvalue weighted by Gasteiger charge is 2.46. The summed E-state index contributed by atoms with van der Waals surface area (Å²) in [5, 5.41) is 9.46. The third kappa shape index (κ3) is 3.68. The zero-order valence-electron chi connectivity index (χ0n) is 11.2. The Balaban J connectivity index is 2.65. The Hall–Kier alpha value is -0.620. The minimum absolute atomic E-state index is 0.130. The van der Waals surface area contributed by atoms with E-state index in [0.717, 1.165) is 19.4 Å². The molecule has 0 amide bonds. The molecule has 1 rings (SSSR count). The van der Waals surface area contributed by atoms with E-state index in [2.05, 4.69) is 0 Å².